The molecule has 0 bridgehead atoms. The van der Waals surface area contributed by atoms with Gasteiger partial charge in [0.2, 0.25) is 0 Å². The molecular weight excluding hydrogens is 758 g/mol. The summed E-state index contributed by atoms with van der Waals surface area (Å²) in [6.07, 6.45) is 3.33. The van der Waals surface area contributed by atoms with Gasteiger partial charge in [-0.25, -0.2) is 0 Å². The van der Waals surface area contributed by atoms with E-state index in [4.69, 9.17) is 4.42 Å². The molecule has 0 aliphatic carbocycles. The third-order valence-electron chi connectivity index (χ3n) is 10.9. The molecule has 6 heterocycles. The summed E-state index contributed by atoms with van der Waals surface area (Å²) in [5.74, 6) is 0. The van der Waals surface area contributed by atoms with E-state index in [0.717, 1.165) is 78.4 Å². The second kappa shape index (κ2) is 13.8. The molecule has 0 saturated carbocycles. The molecule has 0 aliphatic rings. The summed E-state index contributed by atoms with van der Waals surface area (Å²) in [6, 6.07) is 46.8. The fourth-order valence-corrected chi connectivity index (χ4v) is 7.95. The van der Waals surface area contributed by atoms with E-state index >= 15 is 0 Å². The van der Waals surface area contributed by atoms with Gasteiger partial charge < -0.3 is 9.32 Å². The van der Waals surface area contributed by atoms with E-state index in [0.29, 0.717) is 22.0 Å². The molecule has 5 aromatic carbocycles. The van der Waals surface area contributed by atoms with Gasteiger partial charge in [0.05, 0.1) is 40.4 Å². The third-order valence-corrected chi connectivity index (χ3v) is 10.9. The van der Waals surface area contributed by atoms with Crippen molar-refractivity contribution in [3.63, 3.8) is 0 Å². The Balaban J connectivity index is 1.01. The van der Waals surface area contributed by atoms with Crippen molar-refractivity contribution in [2.75, 3.05) is 4.90 Å². The SMILES string of the molecule is FC(F)(F)c1cnc2c(oc3ccccc32)c1-c1ccc2cc(N(c3ccc(-c4cc5cccnc5cn4)cc3)c3ccc(-c4cc5cccnc5cn4)cc3)ccc2c1. The minimum absolute atomic E-state index is 0.0363. The van der Waals surface area contributed by atoms with Crippen molar-refractivity contribution < 1.29 is 17.6 Å². The first-order valence-corrected chi connectivity index (χ1v) is 19.2. The zero-order chi connectivity index (χ0) is 40.4. The van der Waals surface area contributed by atoms with Crippen LogP contribution in [0.25, 0.3) is 88.3 Å². The third kappa shape index (κ3) is 6.13. The summed E-state index contributed by atoms with van der Waals surface area (Å²) < 4.78 is 49.8. The molecule has 60 heavy (non-hydrogen) atoms. The van der Waals surface area contributed by atoms with Crippen molar-refractivity contribution in [2.45, 2.75) is 6.18 Å². The van der Waals surface area contributed by atoms with E-state index in [2.05, 4.69) is 54.1 Å². The lowest BCUT2D eigenvalue weighted by atomic mass is 9.96. The molecule has 0 N–H and O–H groups in total. The van der Waals surface area contributed by atoms with Crippen LogP contribution in [-0.2, 0) is 6.18 Å². The van der Waals surface area contributed by atoms with Crippen LogP contribution in [0.15, 0.2) is 181 Å². The monoisotopic (exact) mass is 786 g/mol. The molecule has 11 aromatic rings. The average molecular weight is 787 g/mol. The Bertz CT molecular complexity index is 3320. The summed E-state index contributed by atoms with van der Waals surface area (Å²) in [4.78, 5) is 24.5. The first-order valence-electron chi connectivity index (χ1n) is 19.2. The van der Waals surface area contributed by atoms with E-state index in [9.17, 15) is 13.2 Å². The summed E-state index contributed by atoms with van der Waals surface area (Å²) in [5.41, 5.74) is 8.36. The number of anilines is 3. The van der Waals surface area contributed by atoms with E-state index in [1.165, 1.54) is 0 Å². The number of halogens is 3. The summed E-state index contributed by atoms with van der Waals surface area (Å²) in [5, 5.41) is 4.28. The number of nitrogens with zero attached hydrogens (tertiary/aromatic N) is 6. The van der Waals surface area contributed by atoms with E-state index in [1.54, 1.807) is 55.1 Å². The Morgan fingerprint density at radius 2 is 1.03 bits per heavy atom. The highest BCUT2D eigenvalue weighted by atomic mass is 19.4. The minimum Gasteiger partial charge on any atom is -0.454 e. The Morgan fingerprint density at radius 3 is 1.67 bits per heavy atom. The largest absolute Gasteiger partial charge is 0.454 e. The number of furan rings is 1. The van der Waals surface area contributed by atoms with Gasteiger partial charge in [0.1, 0.15) is 11.1 Å². The van der Waals surface area contributed by atoms with Crippen LogP contribution in [0.1, 0.15) is 5.56 Å². The van der Waals surface area contributed by atoms with E-state index < -0.39 is 11.7 Å². The minimum atomic E-state index is -4.65. The van der Waals surface area contributed by atoms with Crippen molar-refractivity contribution in [3.8, 4) is 33.6 Å². The van der Waals surface area contributed by atoms with Crippen molar-refractivity contribution in [1.82, 2.24) is 24.9 Å². The fraction of sp³-hybridized carbons (Fsp3) is 0.0200. The maximum Gasteiger partial charge on any atom is 0.418 e. The lowest BCUT2D eigenvalue weighted by Crippen LogP contribution is -2.10. The second-order valence-electron chi connectivity index (χ2n) is 14.5. The second-order valence-corrected chi connectivity index (χ2v) is 14.5. The molecule has 286 valence electrons. The van der Waals surface area contributed by atoms with Crippen LogP contribution >= 0.6 is 0 Å². The van der Waals surface area contributed by atoms with Crippen molar-refractivity contribution in [1.29, 1.82) is 0 Å². The highest BCUT2D eigenvalue weighted by Crippen LogP contribution is 2.44. The molecule has 0 aliphatic heterocycles. The first kappa shape index (κ1) is 35.2. The molecule has 7 nitrogen and oxygen atoms in total. The van der Waals surface area contributed by atoms with E-state index in [1.807, 2.05) is 91.0 Å². The van der Waals surface area contributed by atoms with Crippen molar-refractivity contribution >= 4 is 71.7 Å². The van der Waals surface area contributed by atoms with Crippen LogP contribution in [0.3, 0.4) is 0 Å². The van der Waals surface area contributed by atoms with Gasteiger partial charge in [-0.2, -0.15) is 13.2 Å². The van der Waals surface area contributed by atoms with Crippen molar-refractivity contribution in [3.05, 3.63) is 182 Å². The number of benzene rings is 5. The molecule has 0 unspecified atom stereocenters. The standard InChI is InChI=1S/C50H29F3N6O/c51-50(52,53)41-27-58-48-40-7-1-2-8-46(40)60-49(48)47(41)36-10-9-33-24-39(20-15-32(33)23-36)59(37-16-11-30(12-17-37)42-25-34-5-3-21-54-44(34)28-56-42)38-18-13-31(14-19-38)43-26-35-6-4-22-55-45(35)29-57-43/h1-29H. The number of para-hydroxylation sites is 1. The van der Waals surface area contributed by atoms with Gasteiger partial charge in [0, 0.05) is 68.5 Å². The predicted octanol–water partition coefficient (Wildman–Crippen LogP) is 13.5. The number of hydrogen-bond acceptors (Lipinski definition) is 7. The maximum absolute atomic E-state index is 14.6. The summed E-state index contributed by atoms with van der Waals surface area (Å²) in [6.45, 7) is 0. The molecule has 11 rings (SSSR count). The van der Waals surface area contributed by atoms with Gasteiger partial charge in [0.25, 0.3) is 0 Å². The smallest absolute Gasteiger partial charge is 0.418 e. The molecule has 6 aromatic heterocycles. The van der Waals surface area contributed by atoms with Crippen LogP contribution in [0.2, 0.25) is 0 Å². The zero-order valence-electron chi connectivity index (χ0n) is 31.5. The Labute approximate surface area is 340 Å². The Hall–Kier alpha value is -7.98. The molecule has 10 heteroatoms. The lowest BCUT2D eigenvalue weighted by molar-refractivity contribution is -0.137. The number of rotatable bonds is 6. The maximum atomic E-state index is 14.6. The number of fused-ring (bicyclic) bond motifs is 6. The van der Waals surface area contributed by atoms with Crippen LogP contribution in [0.5, 0.6) is 0 Å². The van der Waals surface area contributed by atoms with Gasteiger partial charge >= 0.3 is 6.18 Å². The molecule has 0 spiro atoms. The van der Waals surface area contributed by atoms with Crippen LogP contribution < -0.4 is 4.90 Å². The molecule has 0 radical (unpaired) electrons. The van der Waals surface area contributed by atoms with Crippen LogP contribution in [-0.4, -0.2) is 24.9 Å². The van der Waals surface area contributed by atoms with Gasteiger partial charge in [0.15, 0.2) is 5.58 Å². The molecule has 0 amide bonds. The van der Waals surface area contributed by atoms with Gasteiger partial charge in [-0.3, -0.25) is 24.9 Å². The van der Waals surface area contributed by atoms with Gasteiger partial charge in [-0.15, -0.1) is 0 Å². The number of aromatic nitrogens is 5. The highest BCUT2D eigenvalue weighted by molar-refractivity contribution is 6.08. The summed E-state index contributed by atoms with van der Waals surface area (Å²) in [7, 11) is 0. The van der Waals surface area contributed by atoms with Crippen molar-refractivity contribution in [2.24, 2.45) is 0 Å². The van der Waals surface area contributed by atoms with Crippen LogP contribution in [0, 0.1) is 0 Å². The number of alkyl halides is 3. The van der Waals surface area contributed by atoms with E-state index in [-0.39, 0.29) is 11.1 Å². The van der Waals surface area contributed by atoms with Crippen LogP contribution in [0.4, 0.5) is 30.2 Å². The fourth-order valence-electron chi connectivity index (χ4n) is 7.95. The summed E-state index contributed by atoms with van der Waals surface area (Å²) >= 11 is 0. The molecule has 0 saturated heterocycles. The first-order chi connectivity index (χ1) is 29.3. The quantitative estimate of drug-likeness (QED) is 0.166. The topological polar surface area (TPSA) is 80.8 Å². The molecule has 0 fully saturated rings. The average Bonchev–Trinajstić information content (AvgIpc) is 3.67. The van der Waals surface area contributed by atoms with Gasteiger partial charge in [-0.05, 0) is 95.2 Å². The highest BCUT2D eigenvalue weighted by Gasteiger charge is 2.36. The zero-order valence-corrected chi connectivity index (χ0v) is 31.5. The normalized spacial score (nSPS) is 11.9. The Morgan fingerprint density at radius 1 is 0.467 bits per heavy atom. The number of pyridine rings is 5. The molecular formula is C50H29F3N6O. The predicted molar refractivity (Wildman–Crippen MR) is 231 cm³/mol. The van der Waals surface area contributed by atoms with Gasteiger partial charge in [-0.1, -0.05) is 66.7 Å². The number of hydrogen-bond donors (Lipinski definition) is 0. The molecule has 0 atom stereocenters. The Kier molecular flexibility index (Phi) is 8.12. The lowest BCUT2D eigenvalue weighted by Gasteiger charge is -2.26.